The molecular weight excluding hydrogens is 419 g/mol. The molecule has 0 saturated heterocycles. The van der Waals surface area contributed by atoms with E-state index in [2.05, 4.69) is 79.1 Å². The van der Waals surface area contributed by atoms with E-state index in [1.165, 1.54) is 21.9 Å². The van der Waals surface area contributed by atoms with Crippen LogP contribution in [0.25, 0.3) is 16.3 Å². The molecule has 0 amide bonds. The Balaban J connectivity index is 0.000000329. The molecule has 0 aromatic heterocycles. The van der Waals surface area contributed by atoms with Crippen LogP contribution in [0.3, 0.4) is 0 Å². The summed E-state index contributed by atoms with van der Waals surface area (Å²) in [7, 11) is 0. The molecule has 0 unspecified atom stereocenters. The van der Waals surface area contributed by atoms with Crippen molar-refractivity contribution in [3.8, 4) is 0 Å². The van der Waals surface area contributed by atoms with Crippen LogP contribution in [-0.2, 0) is 18.5 Å². The fourth-order valence-electron chi connectivity index (χ4n) is 2.08. The number of hydrogen-bond acceptors (Lipinski definition) is 0. The predicted octanol–water partition coefficient (Wildman–Crippen LogP) is 5.59. The first kappa shape index (κ1) is 13.6. The summed E-state index contributed by atoms with van der Waals surface area (Å²) in [5.74, 6) is 0. The van der Waals surface area contributed by atoms with Gasteiger partial charge in [-0.25, -0.2) is 0 Å². The first-order valence-corrected chi connectivity index (χ1v) is 16.6. The third-order valence-electron chi connectivity index (χ3n) is 2.80. The number of fused-ring (bicyclic) bond motifs is 1. The first-order chi connectivity index (χ1) is 8.36. The van der Waals surface area contributed by atoms with Gasteiger partial charge in [0.05, 0.1) is 0 Å². The zero-order valence-electron chi connectivity index (χ0n) is 9.16. The van der Waals surface area contributed by atoms with Gasteiger partial charge >= 0.3 is 43.0 Å². The van der Waals surface area contributed by atoms with E-state index in [4.69, 9.17) is 0 Å². The molecule has 0 heterocycles. The van der Waals surface area contributed by atoms with Crippen molar-refractivity contribution >= 4 is 40.8 Å². The van der Waals surface area contributed by atoms with Crippen LogP contribution in [0.5, 0.6) is 0 Å². The second-order valence-electron chi connectivity index (χ2n) is 3.73. The summed E-state index contributed by atoms with van der Waals surface area (Å²) in [5, 5.41) is 2.72. The molecule has 0 atom stereocenters. The summed E-state index contributed by atoms with van der Waals surface area (Å²) in [5.41, 5.74) is 2.83. The SMILES string of the molecule is C1=CCC([c-]2ccc3ccccc32)=C1.[Br][Zr][Br]. The van der Waals surface area contributed by atoms with Gasteiger partial charge in [0.1, 0.15) is 0 Å². The third-order valence-corrected chi connectivity index (χ3v) is 2.80. The molecule has 0 nitrogen and oxygen atoms in total. The summed E-state index contributed by atoms with van der Waals surface area (Å²) in [6.07, 6.45) is 7.63. The summed E-state index contributed by atoms with van der Waals surface area (Å²) in [6.45, 7) is 0. The molecule has 1 aliphatic rings. The average molecular weight is 430 g/mol. The molecule has 2 aromatic carbocycles. The topological polar surface area (TPSA) is 0 Å². The molecule has 0 N–H and O–H groups in total. The van der Waals surface area contributed by atoms with Crippen LogP contribution in [0, 0.1) is 0 Å². The molecule has 3 heteroatoms. The van der Waals surface area contributed by atoms with E-state index < -0.39 is 0 Å². The van der Waals surface area contributed by atoms with Crippen molar-refractivity contribution in [3.05, 3.63) is 60.2 Å². The monoisotopic (exact) mass is 427 g/mol. The van der Waals surface area contributed by atoms with Gasteiger partial charge in [-0.1, -0.05) is 35.9 Å². The van der Waals surface area contributed by atoms with Crippen molar-refractivity contribution in [2.75, 3.05) is 0 Å². The summed E-state index contributed by atoms with van der Waals surface area (Å²) in [6, 6.07) is 13.0. The maximum atomic E-state index is 3.23. The molecule has 0 spiro atoms. The molecule has 0 bridgehead atoms. The fraction of sp³-hybridized carbons (Fsp3) is 0.0714. The number of benzene rings is 1. The van der Waals surface area contributed by atoms with Gasteiger partial charge in [-0.2, -0.15) is 0 Å². The maximum absolute atomic E-state index is 3.23. The Bertz CT molecular complexity index is 552. The van der Waals surface area contributed by atoms with Gasteiger partial charge in [0.15, 0.2) is 0 Å². The standard InChI is InChI=1S/C14H11.2BrH.Zr/c1-2-6-11(5-1)14-10-9-12-7-3-4-8-13(12)14;;;/h1-5,7-10H,6H2;2*1H;/q-1;;;+2/p-2. The quantitative estimate of drug-likeness (QED) is 0.518. The van der Waals surface area contributed by atoms with E-state index in [9.17, 15) is 0 Å². The second kappa shape index (κ2) is 6.92. The van der Waals surface area contributed by atoms with E-state index in [0.29, 0.717) is 0 Å². The number of rotatable bonds is 1. The van der Waals surface area contributed by atoms with Crippen LogP contribution in [-0.4, -0.2) is 0 Å². The third kappa shape index (κ3) is 3.33. The van der Waals surface area contributed by atoms with Crippen LogP contribution in [0.4, 0.5) is 0 Å². The van der Waals surface area contributed by atoms with E-state index in [0.717, 1.165) is 6.42 Å². The Morgan fingerprint density at radius 1 is 1.12 bits per heavy atom. The van der Waals surface area contributed by atoms with Crippen LogP contribution in [0.15, 0.2) is 54.6 Å². The Morgan fingerprint density at radius 2 is 1.88 bits per heavy atom. The number of allylic oxidation sites excluding steroid dienone is 4. The van der Waals surface area contributed by atoms with Crippen LogP contribution in [0.2, 0.25) is 0 Å². The van der Waals surface area contributed by atoms with Crippen molar-refractivity contribution in [3.63, 3.8) is 0 Å². The fourth-order valence-corrected chi connectivity index (χ4v) is 2.08. The van der Waals surface area contributed by atoms with Gasteiger partial charge < -0.3 is 0 Å². The Hall–Kier alpha value is 0.153. The Morgan fingerprint density at radius 3 is 2.59 bits per heavy atom. The van der Waals surface area contributed by atoms with Crippen LogP contribution in [0.1, 0.15) is 12.0 Å². The average Bonchev–Trinajstić information content (AvgIpc) is 2.98. The van der Waals surface area contributed by atoms with E-state index in [-0.39, 0.29) is 18.5 Å². The molecule has 0 fully saturated rings. The van der Waals surface area contributed by atoms with Gasteiger partial charge in [0.25, 0.3) is 0 Å². The summed E-state index contributed by atoms with van der Waals surface area (Å²) in [4.78, 5) is 0. The van der Waals surface area contributed by atoms with E-state index in [1.54, 1.807) is 0 Å². The normalized spacial score (nSPS) is 13.2. The molecule has 1 aliphatic carbocycles. The van der Waals surface area contributed by atoms with E-state index in [1.807, 2.05) is 0 Å². The van der Waals surface area contributed by atoms with Gasteiger partial charge in [-0.3, -0.25) is 0 Å². The van der Waals surface area contributed by atoms with Gasteiger partial charge in [0, 0.05) is 0 Å². The number of halogens is 2. The zero-order chi connectivity index (χ0) is 12.1. The molecule has 0 saturated carbocycles. The van der Waals surface area contributed by atoms with Crippen molar-refractivity contribution in [2.45, 2.75) is 6.42 Å². The molecule has 86 valence electrons. The van der Waals surface area contributed by atoms with Crippen molar-refractivity contribution < 1.29 is 18.5 Å². The minimum absolute atomic E-state index is 0.145. The molecular formula is C14H11Br2Zr-. The van der Waals surface area contributed by atoms with Crippen molar-refractivity contribution in [1.29, 1.82) is 0 Å². The van der Waals surface area contributed by atoms with Crippen molar-refractivity contribution in [2.24, 2.45) is 0 Å². The molecule has 0 radical (unpaired) electrons. The molecule has 0 aliphatic heterocycles. The Labute approximate surface area is 125 Å². The van der Waals surface area contributed by atoms with E-state index >= 15 is 0 Å². The van der Waals surface area contributed by atoms with Crippen LogP contribution < -0.4 is 0 Å². The minimum atomic E-state index is -0.145. The number of hydrogen-bond donors (Lipinski definition) is 0. The summed E-state index contributed by atoms with van der Waals surface area (Å²) < 4.78 is 0. The van der Waals surface area contributed by atoms with Crippen LogP contribution >= 0.6 is 24.4 Å². The molecule has 17 heavy (non-hydrogen) atoms. The molecule has 2 aromatic rings. The zero-order valence-corrected chi connectivity index (χ0v) is 14.8. The molecule has 3 rings (SSSR count). The Kier molecular flexibility index (Phi) is 5.53. The van der Waals surface area contributed by atoms with Gasteiger partial charge in [0.2, 0.25) is 0 Å². The summed E-state index contributed by atoms with van der Waals surface area (Å²) >= 11 is 6.32. The van der Waals surface area contributed by atoms with Gasteiger partial charge in [-0.15, -0.1) is 40.6 Å². The predicted molar refractivity (Wildman–Crippen MR) is 79.1 cm³/mol. The second-order valence-corrected chi connectivity index (χ2v) is 15.1. The van der Waals surface area contributed by atoms with Gasteiger partial charge in [-0.05, 0) is 6.42 Å². The first-order valence-electron chi connectivity index (χ1n) is 5.33. The van der Waals surface area contributed by atoms with Crippen molar-refractivity contribution in [1.82, 2.24) is 0 Å².